The predicted octanol–water partition coefficient (Wildman–Crippen LogP) is 1.59. The third-order valence-electron chi connectivity index (χ3n) is 2.26. The minimum Gasteiger partial charge on any atom is -0.371 e. The largest absolute Gasteiger partial charge is 0.371 e. The molecule has 14 heavy (non-hydrogen) atoms. The molecule has 3 nitrogen and oxygen atoms in total. The highest BCUT2D eigenvalue weighted by atomic mass is 16.6. The molecule has 1 aliphatic rings. The summed E-state index contributed by atoms with van der Waals surface area (Å²) in [6.07, 6.45) is 2.42. The van der Waals surface area contributed by atoms with Gasteiger partial charge in [0.1, 0.15) is 0 Å². The Kier molecular flexibility index (Phi) is 4.14. The zero-order valence-electron chi connectivity index (χ0n) is 9.08. The van der Waals surface area contributed by atoms with Gasteiger partial charge >= 0.3 is 0 Å². The number of hydrogen-bond donors (Lipinski definition) is 0. The van der Waals surface area contributed by atoms with Crippen LogP contribution >= 0.6 is 0 Å². The Morgan fingerprint density at radius 1 is 1.64 bits per heavy atom. The van der Waals surface area contributed by atoms with Gasteiger partial charge in [-0.25, -0.2) is 0 Å². The second-order valence-electron chi connectivity index (χ2n) is 3.84. The first kappa shape index (κ1) is 11.2. The zero-order chi connectivity index (χ0) is 10.6. The lowest BCUT2D eigenvalue weighted by atomic mass is 10.2. The van der Waals surface area contributed by atoms with Gasteiger partial charge in [0.05, 0.1) is 12.7 Å². The number of ether oxygens (including phenoxy) is 1. The number of amides is 1. The van der Waals surface area contributed by atoms with Crippen LogP contribution in [0.1, 0.15) is 26.7 Å². The van der Waals surface area contributed by atoms with Crippen molar-refractivity contribution in [1.29, 1.82) is 0 Å². The molecule has 3 heteroatoms. The van der Waals surface area contributed by atoms with Crippen LogP contribution in [0, 0.1) is 0 Å². The van der Waals surface area contributed by atoms with Crippen LogP contribution in [0.5, 0.6) is 0 Å². The lowest BCUT2D eigenvalue weighted by molar-refractivity contribution is -0.127. The Balaban J connectivity index is 2.41. The molecular weight excluding hydrogens is 178 g/mol. The van der Waals surface area contributed by atoms with Crippen LogP contribution in [-0.2, 0) is 9.53 Å². The second kappa shape index (κ2) is 5.15. The molecule has 0 aliphatic carbocycles. The summed E-state index contributed by atoms with van der Waals surface area (Å²) in [6, 6.07) is 0. The van der Waals surface area contributed by atoms with Crippen LogP contribution < -0.4 is 0 Å². The summed E-state index contributed by atoms with van der Waals surface area (Å²) in [5.74, 6) is 0.0638. The summed E-state index contributed by atoms with van der Waals surface area (Å²) in [5, 5.41) is 0. The van der Waals surface area contributed by atoms with E-state index in [2.05, 4.69) is 13.5 Å². The third-order valence-corrected chi connectivity index (χ3v) is 2.26. The molecule has 0 bridgehead atoms. The minimum atomic E-state index is 0.0638. The lowest BCUT2D eigenvalue weighted by Gasteiger charge is -2.21. The van der Waals surface area contributed by atoms with E-state index in [1.807, 2.05) is 4.90 Å². The van der Waals surface area contributed by atoms with Crippen molar-refractivity contribution in [3.63, 3.8) is 0 Å². The number of unbranched alkanes of at least 4 members (excludes halogenated alkanes) is 1. The molecule has 1 amide bonds. The molecule has 0 aromatic carbocycles. The average molecular weight is 197 g/mol. The molecular formula is C11H19NO2. The number of rotatable bonds is 6. The van der Waals surface area contributed by atoms with Crippen molar-refractivity contribution < 1.29 is 9.53 Å². The summed E-state index contributed by atoms with van der Waals surface area (Å²) >= 11 is 0. The molecule has 1 fully saturated rings. The van der Waals surface area contributed by atoms with Crippen LogP contribution in [0.25, 0.3) is 0 Å². The van der Waals surface area contributed by atoms with Crippen molar-refractivity contribution in [1.82, 2.24) is 4.90 Å². The summed E-state index contributed by atoms with van der Waals surface area (Å²) in [4.78, 5) is 13.5. The quantitative estimate of drug-likeness (QED) is 0.478. The average Bonchev–Trinajstić information content (AvgIpc) is 2.94. The van der Waals surface area contributed by atoms with E-state index in [9.17, 15) is 4.79 Å². The fraction of sp³-hybridized carbons (Fsp3) is 0.727. The maximum atomic E-state index is 11.7. The first-order chi connectivity index (χ1) is 6.65. The van der Waals surface area contributed by atoms with Crippen LogP contribution in [0.3, 0.4) is 0 Å². The molecule has 1 saturated heterocycles. The van der Waals surface area contributed by atoms with Crippen molar-refractivity contribution in [2.45, 2.75) is 32.8 Å². The van der Waals surface area contributed by atoms with Gasteiger partial charge in [0.15, 0.2) is 0 Å². The minimum absolute atomic E-state index is 0.0638. The summed E-state index contributed by atoms with van der Waals surface area (Å²) in [5.41, 5.74) is 0.613. The Hall–Kier alpha value is -0.830. The Labute approximate surface area is 85.7 Å². The van der Waals surface area contributed by atoms with Gasteiger partial charge in [-0.3, -0.25) is 4.79 Å². The normalized spacial score (nSPS) is 19.1. The monoisotopic (exact) mass is 197 g/mol. The predicted molar refractivity (Wildman–Crippen MR) is 56.0 cm³/mol. The van der Waals surface area contributed by atoms with Crippen LogP contribution in [0.4, 0.5) is 0 Å². The Bertz CT molecular complexity index is 221. The van der Waals surface area contributed by atoms with E-state index < -0.39 is 0 Å². The number of hydrogen-bond acceptors (Lipinski definition) is 2. The van der Waals surface area contributed by atoms with Crippen LogP contribution in [0.15, 0.2) is 12.2 Å². The van der Waals surface area contributed by atoms with E-state index in [0.717, 1.165) is 32.5 Å². The second-order valence-corrected chi connectivity index (χ2v) is 3.84. The maximum Gasteiger partial charge on any atom is 0.248 e. The van der Waals surface area contributed by atoms with Gasteiger partial charge in [-0.15, -0.1) is 0 Å². The molecule has 1 unspecified atom stereocenters. The smallest absolute Gasteiger partial charge is 0.248 e. The Morgan fingerprint density at radius 2 is 2.29 bits per heavy atom. The summed E-state index contributed by atoms with van der Waals surface area (Å²) < 4.78 is 5.13. The molecule has 1 rings (SSSR count). The van der Waals surface area contributed by atoms with Crippen LogP contribution in [-0.4, -0.2) is 36.6 Å². The van der Waals surface area contributed by atoms with E-state index in [1.165, 1.54) is 0 Å². The topological polar surface area (TPSA) is 32.8 Å². The molecule has 0 radical (unpaired) electrons. The van der Waals surface area contributed by atoms with Crippen molar-refractivity contribution in [2.75, 3.05) is 19.7 Å². The first-order valence-corrected chi connectivity index (χ1v) is 5.21. The number of carbonyl (C=O) groups excluding carboxylic acids is 1. The summed E-state index contributed by atoms with van der Waals surface area (Å²) in [6.45, 7) is 9.91. The Morgan fingerprint density at radius 3 is 2.71 bits per heavy atom. The van der Waals surface area contributed by atoms with Gasteiger partial charge < -0.3 is 9.64 Å². The SMILES string of the molecule is C=C(C)C(=O)N(CCCC)CC1CO1. The van der Waals surface area contributed by atoms with E-state index in [0.29, 0.717) is 5.57 Å². The number of epoxide rings is 1. The summed E-state index contributed by atoms with van der Waals surface area (Å²) in [7, 11) is 0. The molecule has 1 atom stereocenters. The molecule has 0 saturated carbocycles. The van der Waals surface area contributed by atoms with Gasteiger partial charge in [0.2, 0.25) is 5.91 Å². The highest BCUT2D eigenvalue weighted by Crippen LogP contribution is 2.13. The molecule has 1 aliphatic heterocycles. The van der Waals surface area contributed by atoms with E-state index in [4.69, 9.17) is 4.74 Å². The van der Waals surface area contributed by atoms with E-state index in [-0.39, 0.29) is 12.0 Å². The molecule has 1 heterocycles. The van der Waals surface area contributed by atoms with Crippen molar-refractivity contribution in [2.24, 2.45) is 0 Å². The first-order valence-electron chi connectivity index (χ1n) is 5.21. The standard InChI is InChI=1S/C11H19NO2/c1-4-5-6-12(7-10-8-14-10)11(13)9(2)3/h10H,2,4-8H2,1,3H3. The number of carbonyl (C=O) groups is 1. The van der Waals surface area contributed by atoms with E-state index in [1.54, 1.807) is 6.92 Å². The van der Waals surface area contributed by atoms with Crippen molar-refractivity contribution >= 4 is 5.91 Å². The molecule has 80 valence electrons. The van der Waals surface area contributed by atoms with Gasteiger partial charge in [-0.2, -0.15) is 0 Å². The van der Waals surface area contributed by atoms with E-state index >= 15 is 0 Å². The molecule has 0 aromatic heterocycles. The van der Waals surface area contributed by atoms with Gasteiger partial charge in [-0.1, -0.05) is 19.9 Å². The highest BCUT2D eigenvalue weighted by Gasteiger charge is 2.27. The fourth-order valence-corrected chi connectivity index (χ4v) is 1.31. The maximum absolute atomic E-state index is 11.7. The van der Waals surface area contributed by atoms with Crippen molar-refractivity contribution in [3.05, 3.63) is 12.2 Å². The van der Waals surface area contributed by atoms with Gasteiger partial charge in [-0.05, 0) is 13.3 Å². The fourth-order valence-electron chi connectivity index (χ4n) is 1.31. The number of nitrogens with zero attached hydrogens (tertiary/aromatic N) is 1. The lowest BCUT2D eigenvalue weighted by Crippen LogP contribution is -2.35. The molecule has 0 aromatic rings. The van der Waals surface area contributed by atoms with Crippen LogP contribution in [0.2, 0.25) is 0 Å². The van der Waals surface area contributed by atoms with Crippen molar-refractivity contribution in [3.8, 4) is 0 Å². The highest BCUT2D eigenvalue weighted by molar-refractivity contribution is 5.92. The van der Waals surface area contributed by atoms with Gasteiger partial charge in [0, 0.05) is 18.7 Å². The third kappa shape index (κ3) is 3.50. The molecule has 0 N–H and O–H groups in total. The van der Waals surface area contributed by atoms with Gasteiger partial charge in [0.25, 0.3) is 0 Å². The zero-order valence-corrected chi connectivity index (χ0v) is 9.08. The molecule has 0 spiro atoms.